The molecule has 8 nitrogen and oxygen atoms in total. The van der Waals surface area contributed by atoms with Crippen molar-refractivity contribution >= 4 is 28.9 Å². The SMILES string of the molecule is O=C(Cc1ccc(N2CCOCC2)nc1)Nc1ccncc1Nc1ccc(F)cn1. The maximum absolute atomic E-state index is 13.0. The molecule has 0 aromatic carbocycles. The van der Waals surface area contributed by atoms with Gasteiger partial charge in [0.2, 0.25) is 5.91 Å². The average Bonchev–Trinajstić information content (AvgIpc) is 2.78. The highest BCUT2D eigenvalue weighted by atomic mass is 19.1. The summed E-state index contributed by atoms with van der Waals surface area (Å²) in [5, 5.41) is 5.90. The van der Waals surface area contributed by atoms with Crippen LogP contribution in [0.1, 0.15) is 5.56 Å². The van der Waals surface area contributed by atoms with E-state index in [0.717, 1.165) is 30.7 Å². The third kappa shape index (κ3) is 5.06. The topological polar surface area (TPSA) is 92.3 Å². The fourth-order valence-electron chi connectivity index (χ4n) is 3.07. The minimum atomic E-state index is -0.423. The third-order valence-corrected chi connectivity index (χ3v) is 4.59. The molecule has 0 aliphatic carbocycles. The lowest BCUT2D eigenvalue weighted by Gasteiger charge is -2.27. The van der Waals surface area contributed by atoms with E-state index < -0.39 is 5.82 Å². The van der Waals surface area contributed by atoms with E-state index in [-0.39, 0.29) is 12.3 Å². The standard InChI is InChI=1S/C21H21FN6O2/c22-16-2-3-19(24-13-16)26-18-14-23-6-5-17(18)27-21(29)11-15-1-4-20(25-12-15)28-7-9-30-10-8-28/h1-6,12-14H,7-11H2,(H,24,26)(H,23,27,29). The second-order valence-corrected chi connectivity index (χ2v) is 6.76. The number of carbonyl (C=O) groups excluding carboxylic acids is 1. The molecule has 1 amide bonds. The van der Waals surface area contributed by atoms with Crippen LogP contribution < -0.4 is 15.5 Å². The van der Waals surface area contributed by atoms with Crippen LogP contribution >= 0.6 is 0 Å². The van der Waals surface area contributed by atoms with Crippen molar-refractivity contribution in [2.45, 2.75) is 6.42 Å². The largest absolute Gasteiger partial charge is 0.378 e. The second-order valence-electron chi connectivity index (χ2n) is 6.76. The summed E-state index contributed by atoms with van der Waals surface area (Å²) in [6.07, 6.45) is 6.17. The first-order valence-corrected chi connectivity index (χ1v) is 9.57. The maximum Gasteiger partial charge on any atom is 0.228 e. The number of amides is 1. The minimum Gasteiger partial charge on any atom is -0.378 e. The molecule has 1 saturated heterocycles. The molecular weight excluding hydrogens is 387 g/mol. The van der Waals surface area contributed by atoms with Gasteiger partial charge in [-0.2, -0.15) is 0 Å². The Labute approximate surface area is 173 Å². The zero-order valence-corrected chi connectivity index (χ0v) is 16.2. The highest BCUT2D eigenvalue weighted by molar-refractivity contribution is 5.95. The molecule has 4 heterocycles. The van der Waals surface area contributed by atoms with Gasteiger partial charge in [0.05, 0.1) is 43.4 Å². The molecule has 9 heteroatoms. The summed E-state index contributed by atoms with van der Waals surface area (Å²) in [6.45, 7) is 3.02. The van der Waals surface area contributed by atoms with Crippen LogP contribution in [0.5, 0.6) is 0 Å². The van der Waals surface area contributed by atoms with Gasteiger partial charge in [-0.3, -0.25) is 9.78 Å². The number of hydrogen-bond acceptors (Lipinski definition) is 7. The highest BCUT2D eigenvalue weighted by Gasteiger charge is 2.13. The van der Waals surface area contributed by atoms with Crippen LogP contribution in [0.4, 0.5) is 27.4 Å². The van der Waals surface area contributed by atoms with E-state index in [1.54, 1.807) is 24.7 Å². The van der Waals surface area contributed by atoms with E-state index in [2.05, 4.69) is 30.5 Å². The number of ether oxygens (including phenoxy) is 1. The Balaban J connectivity index is 1.38. The van der Waals surface area contributed by atoms with E-state index >= 15 is 0 Å². The first-order chi connectivity index (χ1) is 14.7. The van der Waals surface area contributed by atoms with E-state index in [1.165, 1.54) is 12.1 Å². The van der Waals surface area contributed by atoms with Crippen molar-refractivity contribution in [2.75, 3.05) is 41.8 Å². The van der Waals surface area contributed by atoms with Gasteiger partial charge in [0.25, 0.3) is 0 Å². The normalized spacial score (nSPS) is 13.7. The van der Waals surface area contributed by atoms with Crippen molar-refractivity contribution < 1.29 is 13.9 Å². The zero-order chi connectivity index (χ0) is 20.8. The molecule has 1 aliphatic heterocycles. The van der Waals surface area contributed by atoms with Crippen molar-refractivity contribution in [2.24, 2.45) is 0 Å². The van der Waals surface area contributed by atoms with Gasteiger partial charge < -0.3 is 20.3 Å². The zero-order valence-electron chi connectivity index (χ0n) is 16.2. The summed E-state index contributed by atoms with van der Waals surface area (Å²) >= 11 is 0. The molecule has 0 bridgehead atoms. The molecular formula is C21H21FN6O2. The molecule has 0 saturated carbocycles. The van der Waals surface area contributed by atoms with Gasteiger partial charge in [0, 0.05) is 25.5 Å². The smallest absolute Gasteiger partial charge is 0.228 e. The third-order valence-electron chi connectivity index (χ3n) is 4.59. The Morgan fingerprint density at radius 2 is 1.90 bits per heavy atom. The van der Waals surface area contributed by atoms with E-state index in [4.69, 9.17) is 4.74 Å². The first kappa shape index (κ1) is 19.7. The summed E-state index contributed by atoms with van der Waals surface area (Å²) in [7, 11) is 0. The van der Waals surface area contributed by atoms with Gasteiger partial charge in [0.15, 0.2) is 0 Å². The van der Waals surface area contributed by atoms with E-state index in [9.17, 15) is 9.18 Å². The number of nitrogens with zero attached hydrogens (tertiary/aromatic N) is 4. The van der Waals surface area contributed by atoms with E-state index in [0.29, 0.717) is 30.4 Å². The molecule has 1 aliphatic rings. The molecule has 4 rings (SSSR count). The lowest BCUT2D eigenvalue weighted by atomic mass is 10.2. The van der Waals surface area contributed by atoms with Crippen LogP contribution in [0, 0.1) is 5.82 Å². The van der Waals surface area contributed by atoms with Gasteiger partial charge in [-0.05, 0) is 29.8 Å². The van der Waals surface area contributed by atoms with Crippen LogP contribution in [-0.2, 0) is 16.0 Å². The van der Waals surface area contributed by atoms with E-state index in [1.807, 2.05) is 12.1 Å². The molecule has 154 valence electrons. The Kier molecular flexibility index (Phi) is 6.09. The minimum absolute atomic E-state index is 0.183. The predicted octanol–water partition coefficient (Wildman–Crippen LogP) is 2.77. The van der Waals surface area contributed by atoms with Crippen molar-refractivity contribution in [3.63, 3.8) is 0 Å². The maximum atomic E-state index is 13.0. The number of pyridine rings is 3. The summed E-state index contributed by atoms with van der Waals surface area (Å²) < 4.78 is 18.4. The number of hydrogen-bond donors (Lipinski definition) is 2. The molecule has 30 heavy (non-hydrogen) atoms. The molecule has 3 aromatic rings. The number of rotatable bonds is 6. The lowest BCUT2D eigenvalue weighted by molar-refractivity contribution is -0.115. The molecule has 0 unspecified atom stereocenters. The molecule has 3 aromatic heterocycles. The molecule has 0 spiro atoms. The van der Waals surface area contributed by atoms with Crippen molar-refractivity contribution in [3.8, 4) is 0 Å². The monoisotopic (exact) mass is 408 g/mol. The van der Waals surface area contributed by atoms with Crippen LogP contribution in [0.25, 0.3) is 0 Å². The number of morpholine rings is 1. The number of halogens is 1. The van der Waals surface area contributed by atoms with Crippen molar-refractivity contribution in [1.82, 2.24) is 15.0 Å². The highest BCUT2D eigenvalue weighted by Crippen LogP contribution is 2.23. The van der Waals surface area contributed by atoms with Crippen LogP contribution in [-0.4, -0.2) is 47.2 Å². The Morgan fingerprint density at radius 1 is 1.03 bits per heavy atom. The Bertz CT molecular complexity index is 991. The summed E-state index contributed by atoms with van der Waals surface area (Å²) in [5.41, 5.74) is 1.93. The number of anilines is 4. The molecule has 2 N–H and O–H groups in total. The van der Waals surface area contributed by atoms with Gasteiger partial charge in [-0.15, -0.1) is 0 Å². The fourth-order valence-corrected chi connectivity index (χ4v) is 3.07. The summed E-state index contributed by atoms with van der Waals surface area (Å²) in [6, 6.07) is 8.33. The molecule has 0 radical (unpaired) electrons. The van der Waals surface area contributed by atoms with Gasteiger partial charge in [-0.1, -0.05) is 6.07 Å². The molecule has 1 fully saturated rings. The van der Waals surface area contributed by atoms with Crippen LogP contribution in [0.2, 0.25) is 0 Å². The first-order valence-electron chi connectivity index (χ1n) is 9.57. The van der Waals surface area contributed by atoms with Crippen LogP contribution in [0.15, 0.2) is 55.1 Å². The predicted molar refractivity (Wildman–Crippen MR) is 111 cm³/mol. The van der Waals surface area contributed by atoms with Gasteiger partial charge >= 0.3 is 0 Å². The summed E-state index contributed by atoms with van der Waals surface area (Å²) in [4.78, 5) is 27.2. The average molecular weight is 408 g/mol. The number of carbonyl (C=O) groups is 1. The Morgan fingerprint density at radius 3 is 2.63 bits per heavy atom. The van der Waals surface area contributed by atoms with Gasteiger partial charge in [0.1, 0.15) is 17.5 Å². The summed E-state index contributed by atoms with van der Waals surface area (Å²) in [5.74, 6) is 0.725. The Hall–Kier alpha value is -3.59. The number of aromatic nitrogens is 3. The second kappa shape index (κ2) is 9.27. The van der Waals surface area contributed by atoms with Gasteiger partial charge in [-0.25, -0.2) is 14.4 Å². The van der Waals surface area contributed by atoms with Crippen LogP contribution in [0.3, 0.4) is 0 Å². The number of nitrogens with one attached hydrogen (secondary N) is 2. The quantitative estimate of drug-likeness (QED) is 0.648. The fraction of sp³-hybridized carbons (Fsp3) is 0.238. The molecule has 0 atom stereocenters. The lowest BCUT2D eigenvalue weighted by Crippen LogP contribution is -2.36. The van der Waals surface area contributed by atoms with Crippen molar-refractivity contribution in [1.29, 1.82) is 0 Å². The van der Waals surface area contributed by atoms with Crippen molar-refractivity contribution in [3.05, 3.63) is 66.5 Å².